The lowest BCUT2D eigenvalue weighted by atomic mass is 10.0. The molecule has 0 bridgehead atoms. The number of ether oxygens (including phenoxy) is 1. The van der Waals surface area contributed by atoms with Crippen LogP contribution in [-0.2, 0) is 16.1 Å². The molecule has 2 rings (SSSR count). The second kappa shape index (κ2) is 7.06. The van der Waals surface area contributed by atoms with Crippen LogP contribution in [0.25, 0.3) is 0 Å². The molecule has 1 N–H and O–H groups in total. The quantitative estimate of drug-likeness (QED) is 0.639. The Balaban J connectivity index is 2.11. The molecule has 1 fully saturated rings. The van der Waals surface area contributed by atoms with Crippen molar-refractivity contribution in [1.82, 2.24) is 4.72 Å². The zero-order chi connectivity index (χ0) is 18.1. The maximum absolute atomic E-state index is 12.4. The van der Waals surface area contributed by atoms with E-state index in [1.807, 2.05) is 53.7 Å². The highest BCUT2D eigenvalue weighted by atomic mass is 32.2. The minimum atomic E-state index is -1.12. The van der Waals surface area contributed by atoms with Gasteiger partial charge < -0.3 is 9.29 Å². The monoisotopic (exact) mass is 351 g/mol. The third-order valence-corrected chi connectivity index (χ3v) is 5.37. The average molecular weight is 352 g/mol. The van der Waals surface area contributed by atoms with Gasteiger partial charge in [-0.3, -0.25) is 0 Å². The fourth-order valence-corrected chi connectivity index (χ4v) is 3.23. The Hall–Kier alpha value is -1.04. The predicted octanol–water partition coefficient (Wildman–Crippen LogP) is 4.14. The van der Waals surface area contributed by atoms with E-state index in [1.54, 1.807) is 12.1 Å². The molecular formula is C19H29NO3S. The molecule has 0 aliphatic heterocycles. The first-order valence-corrected chi connectivity index (χ1v) is 9.64. The average Bonchev–Trinajstić information content (AvgIpc) is 3.26. The molecule has 24 heavy (non-hydrogen) atoms. The number of benzene rings is 1. The third-order valence-electron chi connectivity index (χ3n) is 3.79. The maximum atomic E-state index is 12.4. The van der Waals surface area contributed by atoms with Gasteiger partial charge in [-0.15, -0.1) is 4.72 Å². The number of carbonyl (C=O) groups excluding carboxylic acids is 1. The summed E-state index contributed by atoms with van der Waals surface area (Å²) in [6.45, 7) is 11.5. The van der Waals surface area contributed by atoms with Crippen LogP contribution < -0.4 is 4.72 Å². The lowest BCUT2D eigenvalue weighted by Crippen LogP contribution is -2.41. The molecule has 1 aromatic rings. The summed E-state index contributed by atoms with van der Waals surface area (Å²) in [6, 6.07) is 7.53. The molecule has 0 heterocycles. The van der Waals surface area contributed by atoms with E-state index < -0.39 is 17.0 Å². The number of carbonyl (C=O) groups is 1. The molecule has 5 heteroatoms. The van der Waals surface area contributed by atoms with Crippen molar-refractivity contribution >= 4 is 17.3 Å². The number of hydrogen-bond donors (Lipinski definition) is 1. The summed E-state index contributed by atoms with van der Waals surface area (Å²) in [6.07, 6.45) is 2.29. The van der Waals surface area contributed by atoms with Crippen molar-refractivity contribution in [2.24, 2.45) is 5.92 Å². The highest BCUT2D eigenvalue weighted by Gasteiger charge is 2.38. The van der Waals surface area contributed by atoms with E-state index >= 15 is 0 Å². The summed E-state index contributed by atoms with van der Waals surface area (Å²) < 4.78 is 20.8. The Kier molecular flexibility index (Phi) is 5.68. The molecule has 1 aromatic carbocycles. The van der Waals surface area contributed by atoms with Crippen LogP contribution in [0.3, 0.4) is 0 Å². The van der Waals surface area contributed by atoms with Crippen molar-refractivity contribution in [3.05, 3.63) is 35.4 Å². The van der Waals surface area contributed by atoms with Crippen molar-refractivity contribution in [2.75, 3.05) is 0 Å². The van der Waals surface area contributed by atoms with Gasteiger partial charge in [0.15, 0.2) is 0 Å². The van der Waals surface area contributed by atoms with Gasteiger partial charge in [0.05, 0.1) is 11.6 Å². The topological polar surface area (TPSA) is 61.4 Å². The second-order valence-corrected chi connectivity index (χ2v) is 10.4. The fraction of sp³-hybridized carbons (Fsp3) is 0.632. The first-order valence-electron chi connectivity index (χ1n) is 8.49. The smallest absolute Gasteiger partial charge is 0.338 e. The van der Waals surface area contributed by atoms with E-state index in [0.29, 0.717) is 11.5 Å². The molecule has 1 unspecified atom stereocenters. The SMILES string of the molecule is CC(C)(C)OC(=O)c1ccc([C@H](N[S+]([O-])C(C)(C)C)C2CC2)cc1. The van der Waals surface area contributed by atoms with Gasteiger partial charge in [0.2, 0.25) is 0 Å². The van der Waals surface area contributed by atoms with E-state index in [9.17, 15) is 9.35 Å². The first kappa shape index (κ1) is 19.3. The lowest BCUT2D eigenvalue weighted by molar-refractivity contribution is 0.00695. The zero-order valence-electron chi connectivity index (χ0n) is 15.5. The summed E-state index contributed by atoms with van der Waals surface area (Å²) in [7, 11) is 0. The van der Waals surface area contributed by atoms with Crippen molar-refractivity contribution in [3.63, 3.8) is 0 Å². The van der Waals surface area contributed by atoms with Crippen LogP contribution in [0.1, 0.15) is 76.3 Å². The summed E-state index contributed by atoms with van der Waals surface area (Å²) in [4.78, 5) is 12.1. The summed E-state index contributed by atoms with van der Waals surface area (Å²) >= 11 is -1.12. The molecule has 4 nitrogen and oxygen atoms in total. The minimum absolute atomic E-state index is 0.0674. The van der Waals surface area contributed by atoms with Gasteiger partial charge in [-0.1, -0.05) is 12.1 Å². The molecule has 0 amide bonds. The van der Waals surface area contributed by atoms with E-state index in [2.05, 4.69) is 4.72 Å². The van der Waals surface area contributed by atoms with Gasteiger partial charge in [-0.05, 0) is 78.0 Å². The molecule has 0 spiro atoms. The number of hydrogen-bond acceptors (Lipinski definition) is 4. The Morgan fingerprint density at radius 2 is 1.71 bits per heavy atom. The Morgan fingerprint density at radius 3 is 2.12 bits per heavy atom. The lowest BCUT2D eigenvalue weighted by Gasteiger charge is -2.28. The fourth-order valence-electron chi connectivity index (χ4n) is 2.32. The van der Waals surface area contributed by atoms with Crippen LogP contribution in [0.2, 0.25) is 0 Å². The van der Waals surface area contributed by atoms with Crippen LogP contribution in [0.15, 0.2) is 24.3 Å². The van der Waals surface area contributed by atoms with E-state index in [1.165, 1.54) is 0 Å². The Labute approximate surface area is 148 Å². The summed E-state index contributed by atoms with van der Waals surface area (Å²) in [5.41, 5.74) is 1.11. The van der Waals surface area contributed by atoms with Crippen LogP contribution in [-0.4, -0.2) is 20.9 Å². The molecular weight excluding hydrogens is 322 g/mol. The largest absolute Gasteiger partial charge is 0.598 e. The standard InChI is InChI=1S/C19H29NO3S/c1-18(2,3)23-17(21)15-11-9-14(10-12-15)16(13-7-8-13)20-24(22)19(4,5)6/h9-13,16,20H,7-8H2,1-6H3/t16-,24?/m1/s1. The van der Waals surface area contributed by atoms with Crippen LogP contribution in [0, 0.1) is 5.92 Å². The van der Waals surface area contributed by atoms with Gasteiger partial charge >= 0.3 is 5.97 Å². The minimum Gasteiger partial charge on any atom is -0.598 e. The molecule has 1 aliphatic rings. The normalized spacial score (nSPS) is 18.1. The van der Waals surface area contributed by atoms with Gasteiger partial charge in [-0.2, -0.15) is 0 Å². The van der Waals surface area contributed by atoms with Gasteiger partial charge in [0, 0.05) is 11.4 Å². The van der Waals surface area contributed by atoms with E-state index in [-0.39, 0.29) is 16.8 Å². The van der Waals surface area contributed by atoms with Gasteiger partial charge in [0.25, 0.3) is 0 Å². The number of rotatable bonds is 5. The second-order valence-electron chi connectivity index (χ2n) is 8.44. The highest BCUT2D eigenvalue weighted by molar-refractivity contribution is 7.90. The Bertz CT molecular complexity index is 568. The molecule has 134 valence electrons. The van der Waals surface area contributed by atoms with Crippen molar-refractivity contribution in [3.8, 4) is 0 Å². The van der Waals surface area contributed by atoms with Crippen molar-refractivity contribution in [2.45, 2.75) is 70.8 Å². The molecule has 1 saturated carbocycles. The van der Waals surface area contributed by atoms with E-state index in [4.69, 9.17) is 4.74 Å². The first-order chi connectivity index (χ1) is 11.0. The van der Waals surface area contributed by atoms with Crippen LogP contribution in [0.5, 0.6) is 0 Å². The number of nitrogens with one attached hydrogen (secondary N) is 1. The third kappa shape index (κ3) is 5.50. The van der Waals surface area contributed by atoms with Gasteiger partial charge in [-0.25, -0.2) is 4.79 Å². The highest BCUT2D eigenvalue weighted by Crippen LogP contribution is 2.42. The molecule has 0 radical (unpaired) electrons. The molecule has 2 atom stereocenters. The van der Waals surface area contributed by atoms with Crippen molar-refractivity contribution in [1.29, 1.82) is 0 Å². The van der Waals surface area contributed by atoms with Crippen LogP contribution >= 0.6 is 0 Å². The molecule has 0 aromatic heterocycles. The molecule has 0 saturated heterocycles. The Morgan fingerprint density at radius 1 is 1.17 bits per heavy atom. The van der Waals surface area contributed by atoms with Crippen LogP contribution in [0.4, 0.5) is 0 Å². The van der Waals surface area contributed by atoms with Crippen molar-refractivity contribution < 1.29 is 14.1 Å². The van der Waals surface area contributed by atoms with E-state index in [0.717, 1.165) is 18.4 Å². The predicted molar refractivity (Wildman–Crippen MR) is 98.1 cm³/mol. The summed E-state index contributed by atoms with van der Waals surface area (Å²) in [5.74, 6) is 0.201. The number of esters is 1. The van der Waals surface area contributed by atoms with Gasteiger partial charge in [0.1, 0.15) is 10.3 Å². The molecule has 1 aliphatic carbocycles. The zero-order valence-corrected chi connectivity index (χ0v) is 16.3. The summed E-state index contributed by atoms with van der Waals surface area (Å²) in [5, 5.41) is 0. The maximum Gasteiger partial charge on any atom is 0.338 e.